The van der Waals surface area contributed by atoms with Crippen LogP contribution in [0.5, 0.6) is 11.5 Å². The number of aromatic nitrogens is 3. The molecular weight excluding hydrogens is 418 g/mol. The van der Waals surface area contributed by atoms with Gasteiger partial charge in [-0.1, -0.05) is 6.07 Å². The molecule has 0 bridgehead atoms. The van der Waals surface area contributed by atoms with Gasteiger partial charge in [-0.25, -0.2) is 4.98 Å². The molecule has 3 heterocycles. The van der Waals surface area contributed by atoms with Gasteiger partial charge in [0.2, 0.25) is 0 Å². The van der Waals surface area contributed by atoms with E-state index in [1.165, 1.54) is 0 Å². The van der Waals surface area contributed by atoms with E-state index in [0.29, 0.717) is 40.6 Å². The van der Waals surface area contributed by atoms with E-state index < -0.39 is 0 Å². The fourth-order valence-electron chi connectivity index (χ4n) is 3.25. The van der Waals surface area contributed by atoms with Crippen molar-refractivity contribution in [1.82, 2.24) is 19.9 Å². The van der Waals surface area contributed by atoms with Crippen molar-refractivity contribution >= 4 is 17.6 Å². The number of pyridine rings is 2. The van der Waals surface area contributed by atoms with E-state index in [-0.39, 0.29) is 11.8 Å². The van der Waals surface area contributed by atoms with Crippen LogP contribution in [0, 0.1) is 6.92 Å². The first-order valence-corrected chi connectivity index (χ1v) is 10.3. The quantitative estimate of drug-likeness (QED) is 0.450. The molecule has 0 fully saturated rings. The maximum atomic E-state index is 12.7. The lowest BCUT2D eigenvalue weighted by Gasteiger charge is -2.13. The molecule has 0 aliphatic carbocycles. The van der Waals surface area contributed by atoms with Crippen LogP contribution in [0.4, 0.5) is 5.82 Å². The van der Waals surface area contributed by atoms with Gasteiger partial charge in [0.15, 0.2) is 0 Å². The zero-order chi connectivity index (χ0) is 23.2. The highest BCUT2D eigenvalue weighted by Gasteiger charge is 2.14. The van der Waals surface area contributed by atoms with Crippen molar-refractivity contribution in [3.63, 3.8) is 0 Å². The minimum atomic E-state index is -0.260. The first-order valence-electron chi connectivity index (χ1n) is 10.3. The highest BCUT2D eigenvalue weighted by Crippen LogP contribution is 2.28. The number of hydrogen-bond donors (Lipinski definition) is 2. The first kappa shape index (κ1) is 21.8. The Bertz CT molecular complexity index is 1280. The number of hydrogen-bond acceptors (Lipinski definition) is 5. The second-order valence-electron chi connectivity index (χ2n) is 7.47. The van der Waals surface area contributed by atoms with Crippen LogP contribution in [0.25, 0.3) is 0 Å². The van der Waals surface area contributed by atoms with Crippen molar-refractivity contribution in [2.24, 2.45) is 7.05 Å². The third kappa shape index (κ3) is 5.43. The summed E-state index contributed by atoms with van der Waals surface area (Å²) in [6, 6.07) is 14.1. The van der Waals surface area contributed by atoms with E-state index in [0.717, 1.165) is 5.56 Å². The molecule has 4 rings (SSSR count). The molecule has 0 spiro atoms. The second-order valence-corrected chi connectivity index (χ2v) is 7.47. The average Bonchev–Trinajstić information content (AvgIpc) is 3.26. The minimum Gasteiger partial charge on any atom is -0.457 e. The standard InChI is InChI=1S/C25H23N5O3/c1-17-21(25(32)28-15-18-6-10-26-11-7-18)4-3-5-22(17)33-20-8-12-27-23(14-20)29-24(31)19-9-13-30(2)16-19/h3-14,16H,15H2,1-2H3,(H,28,32)(H,27,29,31). The Kier molecular flexibility index (Phi) is 6.45. The van der Waals surface area contributed by atoms with E-state index in [1.807, 2.05) is 26.1 Å². The Balaban J connectivity index is 1.45. The Morgan fingerprint density at radius 1 is 1.03 bits per heavy atom. The van der Waals surface area contributed by atoms with Crippen molar-refractivity contribution in [2.75, 3.05) is 5.32 Å². The SMILES string of the molecule is Cc1c(Oc2ccnc(NC(=O)c3ccn(C)c3)c2)cccc1C(=O)NCc1ccncc1. The van der Waals surface area contributed by atoms with E-state index >= 15 is 0 Å². The third-order valence-electron chi connectivity index (χ3n) is 5.03. The Hall–Kier alpha value is -4.46. The summed E-state index contributed by atoms with van der Waals surface area (Å²) in [5.74, 6) is 0.943. The van der Waals surface area contributed by atoms with Gasteiger partial charge in [-0.2, -0.15) is 0 Å². The number of anilines is 1. The minimum absolute atomic E-state index is 0.194. The Labute approximate surface area is 191 Å². The number of ether oxygens (including phenoxy) is 1. The monoisotopic (exact) mass is 441 g/mol. The molecule has 0 saturated heterocycles. The van der Waals surface area contributed by atoms with Crippen molar-refractivity contribution in [2.45, 2.75) is 13.5 Å². The maximum absolute atomic E-state index is 12.7. The third-order valence-corrected chi connectivity index (χ3v) is 5.03. The highest BCUT2D eigenvalue weighted by molar-refractivity contribution is 6.03. The molecule has 3 aromatic heterocycles. The summed E-state index contributed by atoms with van der Waals surface area (Å²) in [5, 5.41) is 5.68. The van der Waals surface area contributed by atoms with Crippen LogP contribution in [0.1, 0.15) is 31.8 Å². The fraction of sp³-hybridized carbons (Fsp3) is 0.120. The zero-order valence-corrected chi connectivity index (χ0v) is 18.3. The molecule has 8 nitrogen and oxygen atoms in total. The number of benzene rings is 1. The topological polar surface area (TPSA) is 98.1 Å². The van der Waals surface area contributed by atoms with E-state index in [9.17, 15) is 9.59 Å². The molecule has 4 aromatic rings. The number of nitrogens with one attached hydrogen (secondary N) is 2. The summed E-state index contributed by atoms with van der Waals surface area (Å²) in [6.07, 6.45) is 8.45. The van der Waals surface area contributed by atoms with Crippen LogP contribution in [0.3, 0.4) is 0 Å². The maximum Gasteiger partial charge on any atom is 0.258 e. The molecule has 0 saturated carbocycles. The Morgan fingerprint density at radius 3 is 2.61 bits per heavy atom. The van der Waals surface area contributed by atoms with Crippen LogP contribution in [-0.4, -0.2) is 26.3 Å². The molecule has 0 unspecified atom stereocenters. The normalized spacial score (nSPS) is 10.5. The van der Waals surface area contributed by atoms with Crippen LogP contribution in [0.15, 0.2) is 79.5 Å². The molecular formula is C25H23N5O3. The molecule has 0 radical (unpaired) electrons. The van der Waals surface area contributed by atoms with Crippen LogP contribution in [-0.2, 0) is 13.6 Å². The Morgan fingerprint density at radius 2 is 1.85 bits per heavy atom. The molecule has 2 N–H and O–H groups in total. The first-order chi connectivity index (χ1) is 16.0. The number of rotatable bonds is 7. The van der Waals surface area contributed by atoms with Crippen LogP contribution in [0.2, 0.25) is 0 Å². The van der Waals surface area contributed by atoms with Crippen molar-refractivity contribution in [3.8, 4) is 11.5 Å². The number of carbonyl (C=O) groups is 2. The van der Waals surface area contributed by atoms with Gasteiger partial charge in [-0.3, -0.25) is 14.6 Å². The van der Waals surface area contributed by atoms with Crippen molar-refractivity contribution in [3.05, 3.63) is 102 Å². The lowest BCUT2D eigenvalue weighted by Crippen LogP contribution is -2.23. The van der Waals surface area contributed by atoms with Crippen molar-refractivity contribution in [1.29, 1.82) is 0 Å². The van der Waals surface area contributed by atoms with Crippen LogP contribution < -0.4 is 15.4 Å². The summed E-state index contributed by atoms with van der Waals surface area (Å²) in [5.41, 5.74) is 2.72. The zero-order valence-electron chi connectivity index (χ0n) is 18.3. The number of aryl methyl sites for hydroxylation is 1. The largest absolute Gasteiger partial charge is 0.457 e. The molecule has 1 aromatic carbocycles. The van der Waals surface area contributed by atoms with Gasteiger partial charge in [-0.15, -0.1) is 0 Å². The summed E-state index contributed by atoms with van der Waals surface area (Å²) >= 11 is 0. The second kappa shape index (κ2) is 9.78. The number of nitrogens with zero attached hydrogens (tertiary/aromatic N) is 3. The molecule has 0 atom stereocenters. The fourth-order valence-corrected chi connectivity index (χ4v) is 3.25. The van der Waals surface area contributed by atoms with Gasteiger partial charge < -0.3 is 19.9 Å². The molecule has 166 valence electrons. The molecule has 8 heteroatoms. The van der Waals surface area contributed by atoms with Gasteiger partial charge in [0.05, 0.1) is 5.56 Å². The summed E-state index contributed by atoms with van der Waals surface area (Å²) < 4.78 is 7.81. The number of carbonyl (C=O) groups excluding carboxylic acids is 2. The van der Waals surface area contributed by atoms with E-state index in [4.69, 9.17) is 4.74 Å². The molecule has 0 aliphatic rings. The van der Waals surface area contributed by atoms with Gasteiger partial charge in [-0.05, 0) is 48.9 Å². The predicted octanol–water partition coefficient (Wildman–Crippen LogP) is 4.10. The van der Waals surface area contributed by atoms with Crippen LogP contribution >= 0.6 is 0 Å². The van der Waals surface area contributed by atoms with Crippen molar-refractivity contribution < 1.29 is 14.3 Å². The molecule has 33 heavy (non-hydrogen) atoms. The summed E-state index contributed by atoms with van der Waals surface area (Å²) in [6.45, 7) is 2.23. The smallest absolute Gasteiger partial charge is 0.258 e. The predicted molar refractivity (Wildman–Crippen MR) is 124 cm³/mol. The van der Waals surface area contributed by atoms with Gasteiger partial charge in [0.25, 0.3) is 11.8 Å². The average molecular weight is 441 g/mol. The van der Waals surface area contributed by atoms with Gasteiger partial charge in [0, 0.05) is 61.8 Å². The summed E-state index contributed by atoms with van der Waals surface area (Å²) in [7, 11) is 1.85. The van der Waals surface area contributed by atoms with E-state index in [1.54, 1.807) is 71.9 Å². The van der Waals surface area contributed by atoms with Gasteiger partial charge >= 0.3 is 0 Å². The lowest BCUT2D eigenvalue weighted by atomic mass is 10.1. The lowest BCUT2D eigenvalue weighted by molar-refractivity contribution is 0.0949. The molecule has 2 amide bonds. The molecule has 0 aliphatic heterocycles. The number of amides is 2. The summed E-state index contributed by atoms with van der Waals surface area (Å²) in [4.78, 5) is 33.3. The highest BCUT2D eigenvalue weighted by atomic mass is 16.5. The van der Waals surface area contributed by atoms with Gasteiger partial charge in [0.1, 0.15) is 17.3 Å². The van der Waals surface area contributed by atoms with E-state index in [2.05, 4.69) is 20.6 Å².